The van der Waals surface area contributed by atoms with Gasteiger partial charge in [0, 0.05) is 19.7 Å². The number of hydrogen-bond donors (Lipinski definition) is 3. The fourth-order valence-corrected chi connectivity index (χ4v) is 2.17. The lowest BCUT2D eigenvalue weighted by atomic mass is 9.89. The lowest BCUT2D eigenvalue weighted by molar-refractivity contribution is -0.142. The second-order valence-corrected chi connectivity index (χ2v) is 5.55. The lowest BCUT2D eigenvalue weighted by Crippen LogP contribution is -2.51. The van der Waals surface area contributed by atoms with Gasteiger partial charge in [0.05, 0.1) is 12.0 Å². The second kappa shape index (κ2) is 7.33. The van der Waals surface area contributed by atoms with Crippen molar-refractivity contribution < 1.29 is 19.4 Å². The molecule has 6 heteroatoms. The first-order valence-corrected chi connectivity index (χ1v) is 6.72. The first-order chi connectivity index (χ1) is 8.92. The Morgan fingerprint density at radius 3 is 2.47 bits per heavy atom. The van der Waals surface area contributed by atoms with E-state index in [1.54, 1.807) is 7.11 Å². The van der Waals surface area contributed by atoms with Crippen LogP contribution in [0.5, 0.6) is 0 Å². The van der Waals surface area contributed by atoms with Crippen LogP contribution in [-0.2, 0) is 9.53 Å². The number of carbonyl (C=O) groups excluding carboxylic acids is 1. The van der Waals surface area contributed by atoms with E-state index in [2.05, 4.69) is 10.6 Å². The number of carboxylic acids is 1. The number of aliphatic carboxylic acids is 1. The largest absolute Gasteiger partial charge is 0.481 e. The van der Waals surface area contributed by atoms with Crippen molar-refractivity contribution in [2.45, 2.75) is 45.3 Å². The van der Waals surface area contributed by atoms with Crippen molar-refractivity contribution in [1.82, 2.24) is 10.6 Å². The van der Waals surface area contributed by atoms with E-state index in [1.807, 2.05) is 13.8 Å². The molecule has 1 atom stereocenters. The molecule has 110 valence electrons. The van der Waals surface area contributed by atoms with Crippen LogP contribution in [0, 0.1) is 11.8 Å². The van der Waals surface area contributed by atoms with Crippen molar-refractivity contribution in [2.24, 2.45) is 11.8 Å². The van der Waals surface area contributed by atoms with Gasteiger partial charge < -0.3 is 20.5 Å². The minimum absolute atomic E-state index is 0.137. The van der Waals surface area contributed by atoms with E-state index >= 15 is 0 Å². The van der Waals surface area contributed by atoms with Crippen molar-refractivity contribution in [3.05, 3.63) is 0 Å². The van der Waals surface area contributed by atoms with Gasteiger partial charge in [0.15, 0.2) is 0 Å². The third-order valence-electron chi connectivity index (χ3n) is 3.38. The summed E-state index contributed by atoms with van der Waals surface area (Å²) in [6.07, 6.45) is 2.43. The molecule has 19 heavy (non-hydrogen) atoms. The van der Waals surface area contributed by atoms with Crippen LogP contribution >= 0.6 is 0 Å². The van der Waals surface area contributed by atoms with E-state index < -0.39 is 11.9 Å². The number of urea groups is 1. The van der Waals surface area contributed by atoms with Gasteiger partial charge in [-0.3, -0.25) is 4.79 Å². The average Bonchev–Trinajstić information content (AvgIpc) is 2.27. The van der Waals surface area contributed by atoms with Crippen LogP contribution in [0.2, 0.25) is 0 Å². The Hall–Kier alpha value is -1.30. The molecular weight excluding hydrogens is 248 g/mol. The maximum Gasteiger partial charge on any atom is 0.315 e. The van der Waals surface area contributed by atoms with Crippen LogP contribution in [0.3, 0.4) is 0 Å². The Morgan fingerprint density at radius 1 is 1.37 bits per heavy atom. The van der Waals surface area contributed by atoms with Gasteiger partial charge in [0.2, 0.25) is 0 Å². The number of rotatable bonds is 7. The standard InChI is InChI=1S/C13H24N2O4/c1-8(2)4-9(12(16)17)7-14-13(18)15-10-5-11(6-10)19-3/h8-11H,4-7H2,1-3H3,(H,16,17)(H2,14,15,18). The number of ether oxygens (including phenoxy) is 1. The molecule has 0 spiro atoms. The SMILES string of the molecule is COC1CC(NC(=O)NCC(CC(C)C)C(=O)O)C1. The third-order valence-corrected chi connectivity index (χ3v) is 3.38. The van der Waals surface area contributed by atoms with Gasteiger partial charge in [-0.05, 0) is 25.2 Å². The van der Waals surface area contributed by atoms with E-state index in [0.717, 1.165) is 12.8 Å². The molecule has 1 fully saturated rings. The predicted molar refractivity (Wildman–Crippen MR) is 70.9 cm³/mol. The highest BCUT2D eigenvalue weighted by molar-refractivity contribution is 5.76. The summed E-state index contributed by atoms with van der Waals surface area (Å²) in [6, 6.07) is -0.159. The number of carboxylic acid groups (broad SMARTS) is 1. The summed E-state index contributed by atoms with van der Waals surface area (Å²) in [5, 5.41) is 14.5. The maximum atomic E-state index is 11.6. The minimum atomic E-state index is -0.864. The topological polar surface area (TPSA) is 87.7 Å². The number of hydrogen-bond acceptors (Lipinski definition) is 3. The Labute approximate surface area is 113 Å². The first kappa shape index (κ1) is 15.8. The van der Waals surface area contributed by atoms with Crippen molar-refractivity contribution >= 4 is 12.0 Å². The van der Waals surface area contributed by atoms with E-state index in [1.165, 1.54) is 0 Å². The first-order valence-electron chi connectivity index (χ1n) is 6.72. The summed E-state index contributed by atoms with van der Waals surface area (Å²) in [6.45, 7) is 4.10. The molecular formula is C13H24N2O4. The van der Waals surface area contributed by atoms with Crippen LogP contribution in [0.1, 0.15) is 33.1 Å². The van der Waals surface area contributed by atoms with E-state index in [9.17, 15) is 9.59 Å². The Bertz CT molecular complexity index is 314. The summed E-state index contributed by atoms with van der Waals surface area (Å²) < 4.78 is 5.12. The monoisotopic (exact) mass is 272 g/mol. The van der Waals surface area contributed by atoms with Gasteiger partial charge in [0.25, 0.3) is 0 Å². The molecule has 0 aromatic heterocycles. The zero-order chi connectivity index (χ0) is 14.4. The van der Waals surface area contributed by atoms with Crippen LogP contribution in [0.15, 0.2) is 0 Å². The molecule has 0 heterocycles. The quantitative estimate of drug-likeness (QED) is 0.650. The molecule has 3 N–H and O–H groups in total. The van der Waals surface area contributed by atoms with Crippen LogP contribution in [0.4, 0.5) is 4.79 Å². The molecule has 0 aromatic rings. The summed E-state index contributed by atoms with van der Waals surface area (Å²) >= 11 is 0. The smallest absolute Gasteiger partial charge is 0.315 e. The summed E-state index contributed by atoms with van der Waals surface area (Å²) in [4.78, 5) is 22.6. The molecule has 1 unspecified atom stereocenters. The van der Waals surface area contributed by atoms with Crippen molar-refractivity contribution in [3.8, 4) is 0 Å². The highest BCUT2D eigenvalue weighted by atomic mass is 16.5. The fraction of sp³-hybridized carbons (Fsp3) is 0.846. The van der Waals surface area contributed by atoms with Gasteiger partial charge >= 0.3 is 12.0 Å². The van der Waals surface area contributed by atoms with E-state index in [4.69, 9.17) is 9.84 Å². The van der Waals surface area contributed by atoms with Crippen molar-refractivity contribution in [3.63, 3.8) is 0 Å². The molecule has 0 radical (unpaired) electrons. The molecule has 6 nitrogen and oxygen atoms in total. The molecule has 1 aliphatic carbocycles. The summed E-state index contributed by atoms with van der Waals surface area (Å²) in [5.41, 5.74) is 0. The fourth-order valence-electron chi connectivity index (χ4n) is 2.17. The zero-order valence-electron chi connectivity index (χ0n) is 11.8. The predicted octanol–water partition coefficient (Wildman–Crippen LogP) is 1.21. The van der Waals surface area contributed by atoms with Crippen LogP contribution < -0.4 is 10.6 Å². The third kappa shape index (κ3) is 5.46. The molecule has 0 aliphatic heterocycles. The highest BCUT2D eigenvalue weighted by Gasteiger charge is 2.30. The number of methoxy groups -OCH3 is 1. The molecule has 1 saturated carbocycles. The summed E-state index contributed by atoms with van der Waals surface area (Å²) in [5.74, 6) is -1.10. The average molecular weight is 272 g/mol. The zero-order valence-corrected chi connectivity index (χ0v) is 11.8. The molecule has 0 bridgehead atoms. The highest BCUT2D eigenvalue weighted by Crippen LogP contribution is 2.22. The van der Waals surface area contributed by atoms with Crippen LogP contribution in [-0.4, -0.2) is 42.9 Å². The van der Waals surface area contributed by atoms with Gasteiger partial charge in [-0.2, -0.15) is 0 Å². The van der Waals surface area contributed by atoms with Crippen LogP contribution in [0.25, 0.3) is 0 Å². The van der Waals surface area contributed by atoms with Crippen molar-refractivity contribution in [1.29, 1.82) is 0 Å². The molecule has 0 aromatic carbocycles. The number of amides is 2. The Balaban J connectivity index is 2.22. The van der Waals surface area contributed by atoms with Gasteiger partial charge in [0.1, 0.15) is 0 Å². The molecule has 1 aliphatic rings. The van der Waals surface area contributed by atoms with E-state index in [0.29, 0.717) is 12.3 Å². The molecule has 2 amide bonds. The van der Waals surface area contributed by atoms with Gasteiger partial charge in [-0.15, -0.1) is 0 Å². The Morgan fingerprint density at radius 2 is 2.00 bits per heavy atom. The minimum Gasteiger partial charge on any atom is -0.481 e. The van der Waals surface area contributed by atoms with Gasteiger partial charge in [-0.25, -0.2) is 4.79 Å². The Kier molecular flexibility index (Phi) is 6.08. The van der Waals surface area contributed by atoms with E-state index in [-0.39, 0.29) is 24.7 Å². The van der Waals surface area contributed by atoms with Gasteiger partial charge in [-0.1, -0.05) is 13.8 Å². The van der Waals surface area contributed by atoms with Crippen molar-refractivity contribution in [2.75, 3.05) is 13.7 Å². The second-order valence-electron chi connectivity index (χ2n) is 5.55. The maximum absolute atomic E-state index is 11.6. The number of carbonyl (C=O) groups is 2. The molecule has 1 rings (SSSR count). The molecule has 0 saturated heterocycles. The lowest BCUT2D eigenvalue weighted by Gasteiger charge is -2.34. The normalized spacial score (nSPS) is 23.6. The number of nitrogens with one attached hydrogen (secondary N) is 2. The summed E-state index contributed by atoms with van der Waals surface area (Å²) in [7, 11) is 1.66.